The molecule has 3 nitrogen and oxygen atoms in total. The molecule has 2 unspecified atom stereocenters. The van der Waals surface area contributed by atoms with Gasteiger partial charge in [-0.3, -0.25) is 4.79 Å². The number of benzene rings is 1. The monoisotopic (exact) mass is 245 g/mol. The van der Waals surface area contributed by atoms with Gasteiger partial charge in [0.15, 0.2) is 0 Å². The van der Waals surface area contributed by atoms with Crippen LogP contribution in [0.15, 0.2) is 18.2 Å². The van der Waals surface area contributed by atoms with E-state index in [1.54, 1.807) is 13.0 Å². The van der Waals surface area contributed by atoms with Crippen molar-refractivity contribution >= 4 is 17.6 Å². The first-order valence-corrected chi connectivity index (χ1v) is 5.21. The minimum Gasteiger partial charge on any atom is -0.481 e. The molecule has 1 aromatic rings. The van der Waals surface area contributed by atoms with E-state index in [1.807, 2.05) is 0 Å². The fourth-order valence-corrected chi connectivity index (χ4v) is 1.81. The second-order valence-electron chi connectivity index (χ2n) is 3.77. The van der Waals surface area contributed by atoms with Gasteiger partial charge in [0.2, 0.25) is 0 Å². The van der Waals surface area contributed by atoms with Gasteiger partial charge in [-0.25, -0.2) is 4.39 Å². The lowest BCUT2D eigenvalue weighted by Gasteiger charge is -2.19. The van der Waals surface area contributed by atoms with Gasteiger partial charge in [0, 0.05) is 17.0 Å². The topological polar surface area (TPSA) is 63.3 Å². The van der Waals surface area contributed by atoms with Crippen molar-refractivity contribution in [1.82, 2.24) is 0 Å². The summed E-state index contributed by atoms with van der Waals surface area (Å²) in [7, 11) is 0. The maximum atomic E-state index is 13.1. The predicted octanol–water partition coefficient (Wildman–Crippen LogP) is 2.38. The summed E-state index contributed by atoms with van der Waals surface area (Å²) >= 11 is 5.71. The van der Waals surface area contributed by atoms with Crippen LogP contribution in [0.3, 0.4) is 0 Å². The van der Waals surface area contributed by atoms with Gasteiger partial charge in [0.25, 0.3) is 0 Å². The van der Waals surface area contributed by atoms with Crippen LogP contribution < -0.4 is 5.73 Å². The van der Waals surface area contributed by atoms with Gasteiger partial charge in [-0.2, -0.15) is 0 Å². The number of nitrogens with two attached hydrogens (primary N) is 1. The van der Waals surface area contributed by atoms with Gasteiger partial charge >= 0.3 is 5.97 Å². The number of halogens is 2. The van der Waals surface area contributed by atoms with Gasteiger partial charge in [0.05, 0.1) is 6.42 Å². The number of aliphatic carboxylic acids is 1. The van der Waals surface area contributed by atoms with E-state index in [1.165, 1.54) is 12.1 Å². The Hall–Kier alpha value is -1.13. The lowest BCUT2D eigenvalue weighted by Crippen LogP contribution is -2.27. The molecule has 1 aromatic carbocycles. The van der Waals surface area contributed by atoms with Crippen LogP contribution in [0, 0.1) is 5.82 Å². The predicted molar refractivity (Wildman–Crippen MR) is 60.1 cm³/mol. The molecule has 0 fully saturated rings. The summed E-state index contributed by atoms with van der Waals surface area (Å²) in [6.45, 7) is 1.69. The summed E-state index contributed by atoms with van der Waals surface area (Å²) in [5.41, 5.74) is 6.20. The Morgan fingerprint density at radius 1 is 1.56 bits per heavy atom. The van der Waals surface area contributed by atoms with E-state index in [2.05, 4.69) is 0 Å². The number of rotatable bonds is 4. The zero-order valence-corrected chi connectivity index (χ0v) is 9.54. The van der Waals surface area contributed by atoms with Crippen molar-refractivity contribution in [3.05, 3.63) is 34.6 Å². The highest BCUT2D eigenvalue weighted by atomic mass is 35.5. The number of hydrogen-bond donors (Lipinski definition) is 2. The molecule has 0 saturated carbocycles. The summed E-state index contributed by atoms with van der Waals surface area (Å²) in [6.07, 6.45) is -0.141. The third-order valence-electron chi connectivity index (χ3n) is 2.34. The third-order valence-corrected chi connectivity index (χ3v) is 2.56. The molecule has 0 aliphatic heterocycles. The first-order valence-electron chi connectivity index (χ1n) is 4.83. The Morgan fingerprint density at radius 2 is 2.19 bits per heavy atom. The SMILES string of the molecule is CC(N)C(CC(=O)O)c1cc(F)cc(Cl)c1. The highest BCUT2D eigenvalue weighted by molar-refractivity contribution is 6.30. The quantitative estimate of drug-likeness (QED) is 0.856. The summed E-state index contributed by atoms with van der Waals surface area (Å²) in [5.74, 6) is -1.90. The van der Waals surface area contributed by atoms with Crippen LogP contribution in [0.5, 0.6) is 0 Å². The first kappa shape index (κ1) is 12.9. The molecule has 0 aliphatic carbocycles. The number of carboxylic acid groups (broad SMARTS) is 1. The van der Waals surface area contributed by atoms with E-state index in [-0.39, 0.29) is 17.5 Å². The summed E-state index contributed by atoms with van der Waals surface area (Å²) in [4.78, 5) is 10.7. The molecule has 2 atom stereocenters. The molecular formula is C11H13ClFNO2. The zero-order chi connectivity index (χ0) is 12.3. The largest absolute Gasteiger partial charge is 0.481 e. The van der Waals surface area contributed by atoms with Crippen molar-refractivity contribution in [3.8, 4) is 0 Å². The lowest BCUT2D eigenvalue weighted by atomic mass is 9.90. The minimum atomic E-state index is -0.970. The molecule has 88 valence electrons. The second-order valence-corrected chi connectivity index (χ2v) is 4.20. The molecule has 0 radical (unpaired) electrons. The van der Waals surface area contributed by atoms with Crippen molar-refractivity contribution in [2.75, 3.05) is 0 Å². The molecule has 0 saturated heterocycles. The van der Waals surface area contributed by atoms with E-state index >= 15 is 0 Å². The smallest absolute Gasteiger partial charge is 0.304 e. The average Bonchev–Trinajstić information content (AvgIpc) is 2.11. The van der Waals surface area contributed by atoms with E-state index in [0.717, 1.165) is 0 Å². The molecular weight excluding hydrogens is 233 g/mol. The lowest BCUT2D eigenvalue weighted by molar-refractivity contribution is -0.137. The van der Waals surface area contributed by atoms with E-state index in [9.17, 15) is 9.18 Å². The van der Waals surface area contributed by atoms with Crippen molar-refractivity contribution in [2.24, 2.45) is 5.73 Å². The maximum Gasteiger partial charge on any atom is 0.304 e. The number of carboxylic acids is 1. The first-order chi connectivity index (χ1) is 7.40. The van der Waals surface area contributed by atoms with Gasteiger partial charge in [-0.15, -0.1) is 0 Å². The van der Waals surface area contributed by atoms with Crippen molar-refractivity contribution in [3.63, 3.8) is 0 Å². The second kappa shape index (κ2) is 5.27. The van der Waals surface area contributed by atoms with Crippen LogP contribution in [-0.2, 0) is 4.79 Å². The normalized spacial score (nSPS) is 14.5. The fraction of sp³-hybridized carbons (Fsp3) is 0.364. The van der Waals surface area contributed by atoms with Crippen LogP contribution in [-0.4, -0.2) is 17.1 Å². The van der Waals surface area contributed by atoms with Crippen LogP contribution >= 0.6 is 11.6 Å². The number of carbonyl (C=O) groups is 1. The molecule has 0 heterocycles. The van der Waals surface area contributed by atoms with Crippen LogP contribution in [0.2, 0.25) is 5.02 Å². The summed E-state index contributed by atoms with van der Waals surface area (Å²) < 4.78 is 13.1. The van der Waals surface area contributed by atoms with Crippen molar-refractivity contribution in [1.29, 1.82) is 0 Å². The molecule has 3 N–H and O–H groups in total. The summed E-state index contributed by atoms with van der Waals surface area (Å²) in [6, 6.07) is 3.60. The molecule has 0 aromatic heterocycles. The molecule has 0 aliphatic rings. The molecule has 0 spiro atoms. The highest BCUT2D eigenvalue weighted by Gasteiger charge is 2.20. The van der Waals surface area contributed by atoms with Gasteiger partial charge in [-0.05, 0) is 30.7 Å². The number of hydrogen-bond acceptors (Lipinski definition) is 2. The van der Waals surface area contributed by atoms with Crippen molar-refractivity contribution in [2.45, 2.75) is 25.3 Å². The fourth-order valence-electron chi connectivity index (χ4n) is 1.58. The van der Waals surface area contributed by atoms with E-state index < -0.39 is 17.7 Å². The Balaban J connectivity index is 3.05. The molecule has 1 rings (SSSR count). The Bertz CT molecular complexity index is 375. The highest BCUT2D eigenvalue weighted by Crippen LogP contribution is 2.26. The Labute approximate surface area is 98.0 Å². The van der Waals surface area contributed by atoms with Crippen molar-refractivity contribution < 1.29 is 14.3 Å². The minimum absolute atomic E-state index is 0.141. The maximum absolute atomic E-state index is 13.1. The summed E-state index contributed by atoms with van der Waals surface area (Å²) in [5, 5.41) is 8.99. The van der Waals surface area contributed by atoms with Crippen LogP contribution in [0.25, 0.3) is 0 Å². The van der Waals surface area contributed by atoms with Crippen LogP contribution in [0.4, 0.5) is 4.39 Å². The third kappa shape index (κ3) is 3.47. The Morgan fingerprint density at radius 3 is 2.62 bits per heavy atom. The van der Waals surface area contributed by atoms with Gasteiger partial charge in [-0.1, -0.05) is 11.6 Å². The van der Waals surface area contributed by atoms with Gasteiger partial charge < -0.3 is 10.8 Å². The van der Waals surface area contributed by atoms with Crippen LogP contribution in [0.1, 0.15) is 24.8 Å². The molecule has 0 amide bonds. The molecule has 16 heavy (non-hydrogen) atoms. The standard InChI is InChI=1S/C11H13ClFNO2/c1-6(14)10(5-11(15)16)7-2-8(12)4-9(13)3-7/h2-4,6,10H,5,14H2,1H3,(H,15,16). The Kier molecular flexibility index (Phi) is 4.26. The van der Waals surface area contributed by atoms with Gasteiger partial charge in [0.1, 0.15) is 5.82 Å². The molecule has 0 bridgehead atoms. The average molecular weight is 246 g/mol. The molecule has 5 heteroatoms. The van der Waals surface area contributed by atoms with E-state index in [0.29, 0.717) is 5.56 Å². The zero-order valence-electron chi connectivity index (χ0n) is 8.78. The van der Waals surface area contributed by atoms with E-state index in [4.69, 9.17) is 22.4 Å².